The second-order valence-corrected chi connectivity index (χ2v) is 9.19. The lowest BCUT2D eigenvalue weighted by Gasteiger charge is -2.22. The fourth-order valence-corrected chi connectivity index (χ4v) is 3.98. The Bertz CT molecular complexity index is 351. The summed E-state index contributed by atoms with van der Waals surface area (Å²) in [5.41, 5.74) is 5.30. The van der Waals surface area contributed by atoms with Crippen LogP contribution in [0.25, 0.3) is 0 Å². The van der Waals surface area contributed by atoms with Gasteiger partial charge in [0.15, 0.2) is 0 Å². The third-order valence-corrected chi connectivity index (χ3v) is 6.23. The Morgan fingerprint density at radius 3 is 2.48 bits per heavy atom. The summed E-state index contributed by atoms with van der Waals surface area (Å²) in [4.78, 5) is 11.6. The third-order valence-electron chi connectivity index (χ3n) is 3.20. The minimum Gasteiger partial charge on any atom is -0.450 e. The molecular formula is C17H36N2O6S2. The molecule has 0 heterocycles. The summed E-state index contributed by atoms with van der Waals surface area (Å²) in [6.45, 7) is 8.28. The van der Waals surface area contributed by atoms with E-state index in [0.717, 1.165) is 19.3 Å². The monoisotopic (exact) mass is 428 g/mol. The van der Waals surface area contributed by atoms with E-state index in [1.165, 1.54) is 0 Å². The lowest BCUT2D eigenvalue weighted by molar-refractivity contribution is 0.0512. The lowest BCUT2D eigenvalue weighted by atomic mass is 10.1. The molecular weight excluding hydrogens is 392 g/mol. The largest absolute Gasteiger partial charge is 0.450 e. The second-order valence-electron chi connectivity index (χ2n) is 6.24. The van der Waals surface area contributed by atoms with Crippen molar-refractivity contribution in [1.29, 1.82) is 0 Å². The van der Waals surface area contributed by atoms with Crippen molar-refractivity contribution < 1.29 is 28.8 Å². The summed E-state index contributed by atoms with van der Waals surface area (Å²) in [5, 5.41) is 11.3. The molecule has 0 fully saturated rings. The van der Waals surface area contributed by atoms with Crippen LogP contribution in [0.2, 0.25) is 0 Å². The highest BCUT2D eigenvalue weighted by Gasteiger charge is 2.19. The third kappa shape index (κ3) is 20.3. The summed E-state index contributed by atoms with van der Waals surface area (Å²) >= 11 is 0. The maximum atomic E-state index is 11.6. The first-order valence-corrected chi connectivity index (χ1v) is 11.6. The molecule has 0 aliphatic rings. The lowest BCUT2D eigenvalue weighted by Crippen LogP contribution is -2.29. The fraction of sp³-hybridized carbons (Fsp3) is 0.941. The van der Waals surface area contributed by atoms with E-state index in [1.807, 2.05) is 0 Å². The highest BCUT2D eigenvalue weighted by atomic mass is 33.1. The van der Waals surface area contributed by atoms with Gasteiger partial charge >= 0.3 is 6.09 Å². The molecule has 0 unspecified atom stereocenters. The molecule has 4 N–H and O–H groups in total. The molecule has 162 valence electrons. The Labute approximate surface area is 171 Å². The van der Waals surface area contributed by atoms with Crippen molar-refractivity contribution in [2.75, 3.05) is 65.3 Å². The van der Waals surface area contributed by atoms with Crippen LogP contribution in [-0.4, -0.2) is 81.2 Å². The summed E-state index contributed by atoms with van der Waals surface area (Å²) in [5.74, 6) is 0.609. The molecule has 0 aromatic rings. The minimum absolute atomic E-state index is 0.0218. The Morgan fingerprint density at radius 2 is 1.78 bits per heavy atom. The van der Waals surface area contributed by atoms with Crippen molar-refractivity contribution in [3.8, 4) is 0 Å². The first kappa shape index (κ1) is 26.8. The number of unbranched alkanes of at least 4 members (excludes halogenated alkanes) is 1. The molecule has 0 saturated carbocycles. The number of hydrogen-bond acceptors (Lipinski definition) is 9. The molecule has 0 aromatic heterocycles. The first-order valence-electron chi connectivity index (χ1n) is 9.27. The predicted octanol–water partition coefficient (Wildman–Crippen LogP) is 2.00. The van der Waals surface area contributed by atoms with E-state index >= 15 is 0 Å². The van der Waals surface area contributed by atoms with E-state index in [-0.39, 0.29) is 11.4 Å². The Morgan fingerprint density at radius 1 is 1.04 bits per heavy atom. The number of carbonyl (C=O) groups is 1. The predicted molar refractivity (Wildman–Crippen MR) is 111 cm³/mol. The molecule has 0 radical (unpaired) electrons. The average Bonchev–Trinajstić information content (AvgIpc) is 2.63. The average molecular weight is 429 g/mol. The summed E-state index contributed by atoms with van der Waals surface area (Å²) < 4.78 is 21.1. The quantitative estimate of drug-likeness (QED) is 0.161. The van der Waals surface area contributed by atoms with Crippen molar-refractivity contribution in [2.24, 2.45) is 5.73 Å². The zero-order valence-corrected chi connectivity index (χ0v) is 18.2. The Balaban J connectivity index is 3.49. The zero-order valence-electron chi connectivity index (χ0n) is 16.6. The zero-order chi connectivity index (χ0) is 20.2. The van der Waals surface area contributed by atoms with Crippen LogP contribution in [0.1, 0.15) is 33.1 Å². The van der Waals surface area contributed by atoms with Crippen LogP contribution in [0.3, 0.4) is 0 Å². The maximum Gasteiger partial charge on any atom is 0.407 e. The number of hydrogen-bond donors (Lipinski definition) is 3. The van der Waals surface area contributed by atoms with Gasteiger partial charge < -0.3 is 35.1 Å². The standard InChI is InChI=1S/C17H36N2O6S2/c1-17(2,27-26-15-24-9-4-3-8-20)5-10-25-16(21)19-7-12-23-14-13-22-11-6-18/h20H,3-15,18H2,1-2H3,(H,19,21). The fourth-order valence-electron chi connectivity index (χ4n) is 1.71. The van der Waals surface area contributed by atoms with Crippen LogP contribution in [0.5, 0.6) is 0 Å². The number of nitrogens with two attached hydrogens (primary N) is 1. The topological polar surface area (TPSA) is 112 Å². The van der Waals surface area contributed by atoms with Gasteiger partial charge in [-0.3, -0.25) is 0 Å². The number of carbonyl (C=O) groups excluding carboxylic acids is 1. The van der Waals surface area contributed by atoms with Gasteiger partial charge in [0, 0.05) is 31.1 Å². The molecule has 0 aliphatic heterocycles. The summed E-state index contributed by atoms with van der Waals surface area (Å²) in [6.07, 6.45) is 1.97. The highest BCUT2D eigenvalue weighted by molar-refractivity contribution is 8.77. The van der Waals surface area contributed by atoms with Crippen molar-refractivity contribution in [3.05, 3.63) is 0 Å². The highest BCUT2D eigenvalue weighted by Crippen LogP contribution is 2.37. The van der Waals surface area contributed by atoms with Gasteiger partial charge in [-0.05, 0) is 33.1 Å². The van der Waals surface area contributed by atoms with E-state index in [1.54, 1.807) is 21.6 Å². The molecule has 0 aromatic carbocycles. The van der Waals surface area contributed by atoms with Crippen LogP contribution in [0, 0.1) is 0 Å². The summed E-state index contributed by atoms with van der Waals surface area (Å²) in [6, 6.07) is 0. The van der Waals surface area contributed by atoms with Gasteiger partial charge in [0.1, 0.15) is 5.94 Å². The normalized spacial score (nSPS) is 11.6. The number of alkyl carbamates (subject to hydrolysis) is 1. The number of ether oxygens (including phenoxy) is 4. The summed E-state index contributed by atoms with van der Waals surface area (Å²) in [7, 11) is 3.36. The number of rotatable bonds is 19. The molecule has 0 aliphatic carbocycles. The van der Waals surface area contributed by atoms with Gasteiger partial charge in [-0.15, -0.1) is 0 Å². The van der Waals surface area contributed by atoms with Gasteiger partial charge in [0.05, 0.1) is 33.0 Å². The molecule has 10 heteroatoms. The van der Waals surface area contributed by atoms with Crippen LogP contribution in [-0.2, 0) is 18.9 Å². The van der Waals surface area contributed by atoms with Crippen LogP contribution in [0.4, 0.5) is 4.79 Å². The molecule has 0 rings (SSSR count). The van der Waals surface area contributed by atoms with Crippen molar-refractivity contribution in [3.63, 3.8) is 0 Å². The van der Waals surface area contributed by atoms with E-state index in [0.29, 0.717) is 58.7 Å². The van der Waals surface area contributed by atoms with Crippen LogP contribution in [0.15, 0.2) is 0 Å². The number of aliphatic hydroxyl groups is 1. The van der Waals surface area contributed by atoms with Crippen molar-refractivity contribution in [2.45, 2.75) is 37.9 Å². The minimum atomic E-state index is -0.432. The van der Waals surface area contributed by atoms with Gasteiger partial charge in [0.25, 0.3) is 0 Å². The number of nitrogens with one attached hydrogen (secondary N) is 1. The van der Waals surface area contributed by atoms with Gasteiger partial charge in [-0.2, -0.15) is 0 Å². The van der Waals surface area contributed by atoms with E-state index < -0.39 is 6.09 Å². The number of amides is 1. The molecule has 0 spiro atoms. The van der Waals surface area contributed by atoms with E-state index in [9.17, 15) is 4.79 Å². The molecule has 0 atom stereocenters. The molecule has 8 nitrogen and oxygen atoms in total. The molecule has 27 heavy (non-hydrogen) atoms. The van der Waals surface area contributed by atoms with Gasteiger partial charge in [-0.1, -0.05) is 21.6 Å². The van der Waals surface area contributed by atoms with Crippen LogP contribution >= 0.6 is 21.6 Å². The van der Waals surface area contributed by atoms with E-state index in [2.05, 4.69) is 19.2 Å². The van der Waals surface area contributed by atoms with Gasteiger partial charge in [0.2, 0.25) is 0 Å². The molecule has 0 bridgehead atoms. The molecule has 0 saturated heterocycles. The SMILES string of the molecule is CC(C)(CCOC(=O)NCCOCCOCCN)SSCOCCCCO. The maximum absolute atomic E-state index is 11.6. The second kappa shape index (κ2) is 19.1. The Hall–Kier alpha value is -0.230. The van der Waals surface area contributed by atoms with Crippen molar-refractivity contribution >= 4 is 27.7 Å². The molecule has 1 amide bonds. The van der Waals surface area contributed by atoms with Crippen LogP contribution < -0.4 is 11.1 Å². The van der Waals surface area contributed by atoms with E-state index in [4.69, 9.17) is 29.8 Å². The van der Waals surface area contributed by atoms with Crippen molar-refractivity contribution in [1.82, 2.24) is 5.32 Å². The first-order chi connectivity index (χ1) is 13.0. The number of aliphatic hydroxyl groups excluding tert-OH is 1. The van der Waals surface area contributed by atoms with Gasteiger partial charge in [-0.25, -0.2) is 4.79 Å². The smallest absolute Gasteiger partial charge is 0.407 e. The Kier molecular flexibility index (Phi) is 18.9.